The molecule has 0 aromatic carbocycles. The van der Waals surface area contributed by atoms with Crippen LogP contribution in [-0.2, 0) is 4.74 Å². The first-order valence-electron chi connectivity index (χ1n) is 10.0. The smallest absolute Gasteiger partial charge is 0.165 e. The van der Waals surface area contributed by atoms with Gasteiger partial charge in [-0.25, -0.2) is 9.97 Å². The second kappa shape index (κ2) is 8.51. The zero-order valence-electron chi connectivity index (χ0n) is 15.7. The molecule has 28 heavy (non-hydrogen) atoms. The molecule has 2 aromatic rings. The number of hydrogen-bond donors (Lipinski definition) is 4. The lowest BCUT2D eigenvalue weighted by Gasteiger charge is -2.22. The van der Waals surface area contributed by atoms with Gasteiger partial charge < -0.3 is 25.4 Å². The molecule has 4 atom stereocenters. The van der Waals surface area contributed by atoms with Crippen molar-refractivity contribution in [3.05, 3.63) is 17.5 Å². The van der Waals surface area contributed by atoms with E-state index >= 15 is 0 Å². The average molecular weight is 411 g/mol. The summed E-state index contributed by atoms with van der Waals surface area (Å²) in [4.78, 5) is 8.83. The Bertz CT molecular complexity index is 809. The standard InChI is InChI=1S/C19H27ClN4O4/c20-14-8-12(22-11-6-4-2-1-3-5-7-11)15-18(23-14)24(10-21-15)19-17(27)16(26)13(9-25)28-19/h8,10-11,13,16-17,19,25-27H,1-7,9H2,(H,22,23)/t13-,16-,17-,19-/m1/s1. The van der Waals surface area contributed by atoms with Crippen molar-refractivity contribution >= 4 is 28.5 Å². The van der Waals surface area contributed by atoms with E-state index in [0.29, 0.717) is 22.4 Å². The van der Waals surface area contributed by atoms with Crippen LogP contribution in [0.2, 0.25) is 5.15 Å². The van der Waals surface area contributed by atoms with E-state index in [2.05, 4.69) is 15.3 Å². The van der Waals surface area contributed by atoms with Gasteiger partial charge in [-0.05, 0) is 12.8 Å². The molecule has 9 heteroatoms. The Hall–Kier alpha value is -1.45. The minimum Gasteiger partial charge on any atom is -0.394 e. The van der Waals surface area contributed by atoms with Gasteiger partial charge in [-0.15, -0.1) is 0 Å². The molecular weight excluding hydrogens is 384 g/mol. The lowest BCUT2D eigenvalue weighted by Crippen LogP contribution is -2.33. The van der Waals surface area contributed by atoms with Crippen molar-refractivity contribution in [2.24, 2.45) is 0 Å². The lowest BCUT2D eigenvalue weighted by molar-refractivity contribution is -0.0511. The van der Waals surface area contributed by atoms with E-state index in [1.807, 2.05) is 0 Å². The number of ether oxygens (including phenoxy) is 1. The van der Waals surface area contributed by atoms with Gasteiger partial charge in [-0.3, -0.25) is 4.57 Å². The fourth-order valence-corrected chi connectivity index (χ4v) is 4.39. The third kappa shape index (κ3) is 3.84. The Labute approximate surface area is 168 Å². The van der Waals surface area contributed by atoms with Crippen molar-refractivity contribution in [3.8, 4) is 0 Å². The predicted molar refractivity (Wildman–Crippen MR) is 105 cm³/mol. The fraction of sp³-hybridized carbons (Fsp3) is 0.684. The van der Waals surface area contributed by atoms with E-state index in [-0.39, 0.29) is 6.61 Å². The van der Waals surface area contributed by atoms with E-state index < -0.39 is 24.5 Å². The molecule has 1 saturated carbocycles. The normalized spacial score (nSPS) is 29.7. The summed E-state index contributed by atoms with van der Waals surface area (Å²) in [5.74, 6) is 0. The molecule has 0 bridgehead atoms. The minimum absolute atomic E-state index is 0.314. The summed E-state index contributed by atoms with van der Waals surface area (Å²) in [7, 11) is 0. The van der Waals surface area contributed by atoms with Crippen LogP contribution in [0.15, 0.2) is 12.4 Å². The first kappa shape index (κ1) is 19.8. The van der Waals surface area contributed by atoms with Crippen LogP contribution in [0, 0.1) is 0 Å². The van der Waals surface area contributed by atoms with Crippen LogP contribution in [0.5, 0.6) is 0 Å². The number of imidazole rings is 1. The van der Waals surface area contributed by atoms with Gasteiger partial charge in [-0.2, -0.15) is 0 Å². The van der Waals surface area contributed by atoms with Gasteiger partial charge in [0.2, 0.25) is 0 Å². The maximum Gasteiger partial charge on any atom is 0.165 e. The van der Waals surface area contributed by atoms with E-state index in [0.717, 1.165) is 18.5 Å². The number of nitrogens with zero attached hydrogens (tertiary/aromatic N) is 3. The van der Waals surface area contributed by atoms with Crippen molar-refractivity contribution in [1.29, 1.82) is 0 Å². The molecule has 2 aromatic heterocycles. The van der Waals surface area contributed by atoms with Crippen LogP contribution in [0.1, 0.15) is 51.2 Å². The van der Waals surface area contributed by atoms with Gasteiger partial charge in [0.15, 0.2) is 11.9 Å². The molecule has 2 fully saturated rings. The molecule has 154 valence electrons. The zero-order valence-corrected chi connectivity index (χ0v) is 16.4. The summed E-state index contributed by atoms with van der Waals surface area (Å²) in [6.45, 7) is -0.385. The Morgan fingerprint density at radius 1 is 1.14 bits per heavy atom. The van der Waals surface area contributed by atoms with Gasteiger partial charge >= 0.3 is 0 Å². The van der Waals surface area contributed by atoms with Crippen molar-refractivity contribution in [1.82, 2.24) is 14.5 Å². The summed E-state index contributed by atoms with van der Waals surface area (Å²) in [6.07, 6.45) is 5.87. The highest BCUT2D eigenvalue weighted by Crippen LogP contribution is 2.34. The molecule has 1 aliphatic heterocycles. The van der Waals surface area contributed by atoms with Crippen LogP contribution in [0.3, 0.4) is 0 Å². The predicted octanol–water partition coefficient (Wildman–Crippen LogP) is 2.22. The third-order valence-corrected chi connectivity index (χ3v) is 5.95. The van der Waals surface area contributed by atoms with Crippen molar-refractivity contribution in [2.45, 2.75) is 75.5 Å². The third-order valence-electron chi connectivity index (χ3n) is 5.75. The van der Waals surface area contributed by atoms with Crippen molar-refractivity contribution in [3.63, 3.8) is 0 Å². The van der Waals surface area contributed by atoms with Gasteiger partial charge in [0.1, 0.15) is 29.0 Å². The van der Waals surface area contributed by atoms with Crippen LogP contribution < -0.4 is 5.32 Å². The molecule has 3 heterocycles. The molecule has 0 amide bonds. The van der Waals surface area contributed by atoms with Crippen molar-refractivity contribution in [2.75, 3.05) is 11.9 Å². The number of aromatic nitrogens is 3. The molecule has 1 aliphatic carbocycles. The van der Waals surface area contributed by atoms with E-state index in [4.69, 9.17) is 16.3 Å². The van der Waals surface area contributed by atoms with Gasteiger partial charge in [0.05, 0.1) is 18.6 Å². The molecular formula is C19H27ClN4O4. The first-order chi connectivity index (χ1) is 13.6. The van der Waals surface area contributed by atoms with Crippen molar-refractivity contribution < 1.29 is 20.1 Å². The number of halogens is 1. The van der Waals surface area contributed by atoms with Crippen LogP contribution in [0.25, 0.3) is 11.2 Å². The zero-order chi connectivity index (χ0) is 19.7. The average Bonchev–Trinajstić information content (AvgIpc) is 3.19. The largest absolute Gasteiger partial charge is 0.394 e. The molecule has 4 N–H and O–H groups in total. The Balaban J connectivity index is 1.63. The fourth-order valence-electron chi connectivity index (χ4n) is 4.20. The van der Waals surface area contributed by atoms with Gasteiger partial charge in [0, 0.05) is 12.1 Å². The number of fused-ring (bicyclic) bond motifs is 1. The second-order valence-corrected chi connectivity index (χ2v) is 8.12. The monoisotopic (exact) mass is 410 g/mol. The molecule has 1 saturated heterocycles. The highest BCUT2D eigenvalue weighted by molar-refractivity contribution is 6.30. The summed E-state index contributed by atoms with van der Waals surface area (Å²) in [6, 6.07) is 2.14. The van der Waals surface area contributed by atoms with Gasteiger partial charge in [-0.1, -0.05) is 43.7 Å². The summed E-state index contributed by atoms with van der Waals surface area (Å²) in [5.41, 5.74) is 1.92. The van der Waals surface area contributed by atoms with E-state index in [1.54, 1.807) is 10.6 Å². The number of aliphatic hydroxyl groups is 3. The topological polar surface area (TPSA) is 113 Å². The number of hydrogen-bond acceptors (Lipinski definition) is 7. The lowest BCUT2D eigenvalue weighted by atomic mass is 9.96. The number of nitrogens with one attached hydrogen (secondary N) is 1. The highest BCUT2D eigenvalue weighted by Gasteiger charge is 2.44. The van der Waals surface area contributed by atoms with Crippen LogP contribution in [-0.4, -0.2) is 60.8 Å². The summed E-state index contributed by atoms with van der Waals surface area (Å²) < 4.78 is 7.18. The molecule has 4 rings (SSSR count). The Morgan fingerprint density at radius 2 is 1.86 bits per heavy atom. The molecule has 0 unspecified atom stereocenters. The van der Waals surface area contributed by atoms with Crippen LogP contribution in [0.4, 0.5) is 5.69 Å². The molecule has 8 nitrogen and oxygen atoms in total. The van der Waals surface area contributed by atoms with E-state index in [9.17, 15) is 15.3 Å². The number of rotatable bonds is 4. The Morgan fingerprint density at radius 3 is 2.54 bits per heavy atom. The number of aliphatic hydroxyl groups excluding tert-OH is 3. The maximum absolute atomic E-state index is 10.3. The van der Waals surface area contributed by atoms with Crippen LogP contribution >= 0.6 is 11.6 Å². The molecule has 2 aliphatic rings. The summed E-state index contributed by atoms with van der Waals surface area (Å²) in [5, 5.41) is 33.6. The highest BCUT2D eigenvalue weighted by atomic mass is 35.5. The summed E-state index contributed by atoms with van der Waals surface area (Å²) >= 11 is 6.27. The quantitative estimate of drug-likeness (QED) is 0.571. The maximum atomic E-state index is 10.3. The molecule has 0 spiro atoms. The molecule has 0 radical (unpaired) electrons. The Kier molecular flexibility index (Phi) is 6.03. The number of anilines is 1. The van der Waals surface area contributed by atoms with Gasteiger partial charge in [0.25, 0.3) is 0 Å². The SMILES string of the molecule is OC[C@H]1O[C@@H](n2cnc3c(NC4CCCCCCC4)cc(Cl)nc32)[C@H](O)[C@@H]1O. The minimum atomic E-state index is -1.20. The van der Waals surface area contributed by atoms with E-state index in [1.165, 1.54) is 38.4 Å². The first-order valence-corrected chi connectivity index (χ1v) is 10.4. The second-order valence-electron chi connectivity index (χ2n) is 7.73. The number of pyridine rings is 1.